The summed E-state index contributed by atoms with van der Waals surface area (Å²) in [7, 11) is 0. The van der Waals surface area contributed by atoms with Crippen LogP contribution in [0.25, 0.3) is 10.8 Å². The van der Waals surface area contributed by atoms with Crippen LogP contribution in [0.1, 0.15) is 42.2 Å². The van der Waals surface area contributed by atoms with Gasteiger partial charge in [0.25, 0.3) is 11.5 Å². The number of hydrogen-bond donors (Lipinski definition) is 2. The number of unbranched alkanes of at least 4 members (excludes halogenated alkanes) is 1. The number of aromatic amines is 1. The number of hydrogen-bond acceptors (Lipinski definition) is 4. The highest BCUT2D eigenvalue weighted by Crippen LogP contribution is 2.13. The lowest BCUT2D eigenvalue weighted by atomic mass is 10.0. The van der Waals surface area contributed by atoms with E-state index in [-0.39, 0.29) is 17.1 Å². The molecule has 1 aromatic heterocycles. The lowest BCUT2D eigenvalue weighted by Crippen LogP contribution is -2.24. The van der Waals surface area contributed by atoms with Gasteiger partial charge in [0.15, 0.2) is 5.69 Å². The molecule has 0 bridgehead atoms. The van der Waals surface area contributed by atoms with Crippen molar-refractivity contribution in [3.8, 4) is 0 Å². The Morgan fingerprint density at radius 3 is 2.56 bits per heavy atom. The molecule has 0 unspecified atom stereocenters. The maximum atomic E-state index is 13.2. The topological polar surface area (TPSA) is 87.2 Å². The second-order valence-corrected chi connectivity index (χ2v) is 6.06. The molecule has 1 amide bonds. The second-order valence-electron chi connectivity index (χ2n) is 6.06. The van der Waals surface area contributed by atoms with Gasteiger partial charge >= 0.3 is 0 Å². The Labute approximate surface area is 155 Å². The summed E-state index contributed by atoms with van der Waals surface area (Å²) in [6.07, 6.45) is 2.48. The number of nitrogens with zero attached hydrogens (tertiary/aromatic N) is 2. The van der Waals surface area contributed by atoms with Crippen molar-refractivity contribution in [1.29, 1.82) is 0 Å². The lowest BCUT2D eigenvalue weighted by Gasteiger charge is -2.08. The number of nitrogens with one attached hydrogen (secondary N) is 2. The van der Waals surface area contributed by atoms with E-state index in [1.165, 1.54) is 12.1 Å². The van der Waals surface area contributed by atoms with E-state index in [4.69, 9.17) is 0 Å². The van der Waals surface area contributed by atoms with Crippen molar-refractivity contribution < 1.29 is 9.18 Å². The highest BCUT2D eigenvalue weighted by molar-refractivity contribution is 6.06. The number of carbonyl (C=O) groups is 1. The molecule has 0 saturated carbocycles. The summed E-state index contributed by atoms with van der Waals surface area (Å²) < 4.78 is 13.2. The summed E-state index contributed by atoms with van der Waals surface area (Å²) in [6.45, 7) is 2.05. The van der Waals surface area contributed by atoms with E-state index in [0.717, 1.165) is 18.4 Å². The van der Waals surface area contributed by atoms with Crippen LogP contribution in [0, 0.1) is 5.82 Å². The maximum Gasteiger partial charge on any atom is 0.292 e. The minimum absolute atomic E-state index is 0.0860. The molecule has 2 aromatic carbocycles. The number of benzene rings is 2. The number of halogens is 1. The number of fused-ring (bicyclic) bond motifs is 1. The summed E-state index contributed by atoms with van der Waals surface area (Å²) in [5.41, 5.74) is 3.62. The van der Waals surface area contributed by atoms with Crippen LogP contribution >= 0.6 is 0 Å². The van der Waals surface area contributed by atoms with Crippen LogP contribution in [0.15, 0.2) is 58.4 Å². The van der Waals surface area contributed by atoms with Crippen LogP contribution in [0.4, 0.5) is 4.39 Å². The van der Waals surface area contributed by atoms with Gasteiger partial charge in [0.05, 0.1) is 11.1 Å². The Balaban J connectivity index is 1.90. The van der Waals surface area contributed by atoms with Crippen LogP contribution in [-0.2, 0) is 0 Å². The molecule has 0 aliphatic carbocycles. The standard InChI is InChI=1S/C20H19FN4O2/c1-2-3-8-17(13-9-11-14(21)12-10-13)22-25-20(27)18-15-6-4-5-7-16(15)19(26)24-23-18/h4-7,9-12H,2-3,8H2,1H3,(H,24,26)(H,25,27)/b22-17-. The first-order chi connectivity index (χ1) is 13.1. The fourth-order valence-electron chi connectivity index (χ4n) is 2.71. The quantitative estimate of drug-likeness (QED) is 0.518. The first kappa shape index (κ1) is 18.4. The predicted octanol–water partition coefficient (Wildman–Crippen LogP) is 3.39. The zero-order chi connectivity index (χ0) is 19.2. The van der Waals surface area contributed by atoms with E-state index in [2.05, 4.69) is 27.6 Å². The molecule has 138 valence electrons. The summed E-state index contributed by atoms with van der Waals surface area (Å²) >= 11 is 0. The summed E-state index contributed by atoms with van der Waals surface area (Å²) in [5.74, 6) is -0.861. The van der Waals surface area contributed by atoms with Gasteiger partial charge in [-0.05, 0) is 36.6 Å². The first-order valence-corrected chi connectivity index (χ1v) is 8.70. The molecule has 6 nitrogen and oxygen atoms in total. The molecule has 3 rings (SSSR count). The number of rotatable bonds is 6. The Morgan fingerprint density at radius 2 is 1.85 bits per heavy atom. The van der Waals surface area contributed by atoms with Gasteiger partial charge in [-0.1, -0.05) is 43.7 Å². The highest BCUT2D eigenvalue weighted by Gasteiger charge is 2.14. The van der Waals surface area contributed by atoms with Gasteiger partial charge in [0.1, 0.15) is 5.82 Å². The normalized spacial score (nSPS) is 11.6. The fraction of sp³-hybridized carbons (Fsp3) is 0.200. The van der Waals surface area contributed by atoms with Crippen molar-refractivity contribution in [2.24, 2.45) is 5.10 Å². The van der Waals surface area contributed by atoms with Crippen LogP contribution in [0.5, 0.6) is 0 Å². The Morgan fingerprint density at radius 1 is 1.15 bits per heavy atom. The van der Waals surface area contributed by atoms with Gasteiger partial charge in [-0.3, -0.25) is 9.59 Å². The van der Waals surface area contributed by atoms with E-state index in [1.54, 1.807) is 36.4 Å². The Kier molecular flexibility index (Phi) is 5.71. The van der Waals surface area contributed by atoms with Crippen molar-refractivity contribution >= 4 is 22.4 Å². The van der Waals surface area contributed by atoms with Crippen LogP contribution in [0.2, 0.25) is 0 Å². The molecule has 0 atom stereocenters. The zero-order valence-electron chi connectivity index (χ0n) is 14.8. The Hall–Kier alpha value is -3.35. The van der Waals surface area contributed by atoms with Crippen molar-refractivity contribution in [3.63, 3.8) is 0 Å². The third-order valence-corrected chi connectivity index (χ3v) is 4.15. The monoisotopic (exact) mass is 366 g/mol. The van der Waals surface area contributed by atoms with Crippen molar-refractivity contribution in [2.45, 2.75) is 26.2 Å². The number of amides is 1. The minimum atomic E-state index is -0.529. The largest absolute Gasteiger partial charge is 0.292 e. The molecule has 0 saturated heterocycles. The summed E-state index contributed by atoms with van der Waals surface area (Å²) in [4.78, 5) is 24.4. The maximum absolute atomic E-state index is 13.2. The van der Waals surface area contributed by atoms with E-state index >= 15 is 0 Å². The van der Waals surface area contributed by atoms with Gasteiger partial charge in [-0.25, -0.2) is 14.9 Å². The fourth-order valence-corrected chi connectivity index (χ4v) is 2.71. The predicted molar refractivity (Wildman–Crippen MR) is 102 cm³/mol. The smallest absolute Gasteiger partial charge is 0.267 e. The molecule has 0 aliphatic heterocycles. The van der Waals surface area contributed by atoms with Gasteiger partial charge in [-0.15, -0.1) is 0 Å². The van der Waals surface area contributed by atoms with Gasteiger partial charge in [-0.2, -0.15) is 10.2 Å². The minimum Gasteiger partial charge on any atom is -0.267 e. The summed E-state index contributed by atoms with van der Waals surface area (Å²) in [6, 6.07) is 12.7. The van der Waals surface area contributed by atoms with Crippen molar-refractivity contribution in [1.82, 2.24) is 15.6 Å². The molecule has 3 aromatic rings. The lowest BCUT2D eigenvalue weighted by molar-refractivity contribution is 0.0950. The molecule has 7 heteroatoms. The number of aromatic nitrogens is 2. The van der Waals surface area contributed by atoms with Crippen molar-refractivity contribution in [3.05, 3.63) is 76.0 Å². The molecule has 0 radical (unpaired) electrons. The number of H-pyrrole nitrogens is 1. The highest BCUT2D eigenvalue weighted by atomic mass is 19.1. The van der Waals surface area contributed by atoms with E-state index in [0.29, 0.717) is 22.9 Å². The van der Waals surface area contributed by atoms with E-state index in [1.807, 2.05) is 0 Å². The van der Waals surface area contributed by atoms with Gasteiger partial charge in [0, 0.05) is 5.39 Å². The van der Waals surface area contributed by atoms with E-state index < -0.39 is 5.91 Å². The van der Waals surface area contributed by atoms with Crippen LogP contribution in [0.3, 0.4) is 0 Å². The van der Waals surface area contributed by atoms with Gasteiger partial charge < -0.3 is 0 Å². The zero-order valence-corrected chi connectivity index (χ0v) is 14.8. The summed E-state index contributed by atoms with van der Waals surface area (Å²) in [5, 5.41) is 11.2. The number of carbonyl (C=O) groups excluding carboxylic acids is 1. The van der Waals surface area contributed by atoms with Gasteiger partial charge in [0.2, 0.25) is 0 Å². The average Bonchev–Trinajstić information content (AvgIpc) is 2.69. The van der Waals surface area contributed by atoms with Crippen LogP contribution in [-0.4, -0.2) is 21.8 Å². The first-order valence-electron chi connectivity index (χ1n) is 8.70. The number of hydrazone groups is 1. The molecule has 2 N–H and O–H groups in total. The molecule has 1 heterocycles. The molecular formula is C20H19FN4O2. The second kappa shape index (κ2) is 8.35. The SMILES string of the molecule is CCCC/C(=N/NC(=O)c1n[nH]c(=O)c2ccccc12)c1ccc(F)cc1. The molecule has 0 spiro atoms. The Bertz CT molecular complexity index is 1040. The van der Waals surface area contributed by atoms with Crippen LogP contribution < -0.4 is 11.0 Å². The molecule has 27 heavy (non-hydrogen) atoms. The third-order valence-electron chi connectivity index (χ3n) is 4.15. The third kappa shape index (κ3) is 4.25. The molecule has 0 aliphatic rings. The van der Waals surface area contributed by atoms with Crippen molar-refractivity contribution in [2.75, 3.05) is 0 Å². The average molecular weight is 366 g/mol. The molecular weight excluding hydrogens is 347 g/mol. The molecule has 0 fully saturated rings. The van der Waals surface area contributed by atoms with E-state index in [9.17, 15) is 14.0 Å².